The Morgan fingerprint density at radius 3 is 0.716 bits per heavy atom. The quantitative estimate of drug-likeness (QED) is 0.113. The summed E-state index contributed by atoms with van der Waals surface area (Å²) in [7, 11) is 0. The third kappa shape index (κ3) is 10.8. The van der Waals surface area contributed by atoms with Gasteiger partial charge in [0.1, 0.15) is 0 Å². The molecule has 0 saturated heterocycles. The predicted octanol–water partition coefficient (Wildman–Crippen LogP) is 25.0. The molecule has 0 aliphatic carbocycles. The van der Waals surface area contributed by atoms with Crippen molar-refractivity contribution in [2.75, 3.05) is 0 Å². The van der Waals surface area contributed by atoms with Crippen LogP contribution in [0.1, 0.15) is 0 Å². The molecule has 0 unspecified atom stereocenters. The molecule has 0 fully saturated rings. The first-order valence-electron chi connectivity index (χ1n) is 34.6. The normalized spacial score (nSPS) is 11.5. The van der Waals surface area contributed by atoms with Gasteiger partial charge in [-0.2, -0.15) is 0 Å². The standard InChI is InChI=1S/C96H60N6/c1-3-22-69(23-4-1)91-97-93(101-95(99-91)73-55-47-67(48-56-73)88-81-31-13-11-29-79(81)87(80-30-12-14-32-82(80)88)66-45-38-64(39-46-66)76-59-44-61-20-7-8-26-75(61)60-76)71-51-40-62(41-52-71)63-42-53-72(54-43-63)94-98-92(70-24-5-2-6-25-70)100-96(102-94)74-57-49-68(50-58-74)89-83-33-15-17-35-85(83)90(86-36-18-16-34-84(86)89)78-37-19-27-65-21-9-10-28-77(65)78/h1-60H. The van der Waals surface area contributed by atoms with Crippen LogP contribution in [-0.2, 0) is 0 Å². The lowest BCUT2D eigenvalue weighted by Crippen LogP contribution is -2.00. The average Bonchev–Trinajstić information content (AvgIpc) is 0.737. The first kappa shape index (κ1) is 59.6. The Morgan fingerprint density at radius 1 is 0.127 bits per heavy atom. The SMILES string of the molecule is c1ccc(-c2nc(-c3ccc(-c4ccc(-c5nc(-c6ccccc6)nc(-c6ccc(-c7c8ccccc8c(-c8cccc9ccccc89)c8ccccc78)cc6)n5)cc4)cc3)nc(-c3ccc(-c4c5ccccc5c(-c5ccc(-c6ccc7ccccc7c6)cc5)c5ccccc45)cc3)n2)cc1. The molecule has 0 amide bonds. The smallest absolute Gasteiger partial charge is 0.164 e. The van der Waals surface area contributed by atoms with Crippen molar-refractivity contribution in [2.45, 2.75) is 0 Å². The molecule has 19 rings (SSSR count). The number of rotatable bonds is 12. The lowest BCUT2D eigenvalue weighted by molar-refractivity contribution is 1.07. The molecular formula is C96H60N6. The van der Waals surface area contributed by atoms with Crippen molar-refractivity contribution < 1.29 is 0 Å². The van der Waals surface area contributed by atoms with E-state index in [9.17, 15) is 0 Å². The number of hydrogen-bond acceptors (Lipinski definition) is 6. The topological polar surface area (TPSA) is 77.3 Å². The van der Waals surface area contributed by atoms with E-state index in [0.717, 1.165) is 55.6 Å². The van der Waals surface area contributed by atoms with Crippen molar-refractivity contribution in [2.24, 2.45) is 0 Å². The van der Waals surface area contributed by atoms with Crippen molar-refractivity contribution in [1.82, 2.24) is 29.9 Å². The largest absolute Gasteiger partial charge is 0.208 e. The Labute approximate surface area is 590 Å². The minimum absolute atomic E-state index is 0.589. The van der Waals surface area contributed by atoms with Gasteiger partial charge in [-0.1, -0.05) is 358 Å². The van der Waals surface area contributed by atoms with Crippen LogP contribution in [0.2, 0.25) is 0 Å². The van der Waals surface area contributed by atoms with Gasteiger partial charge in [0.25, 0.3) is 0 Å². The van der Waals surface area contributed by atoms with E-state index >= 15 is 0 Å². The third-order valence-corrected chi connectivity index (χ3v) is 20.0. The number of aromatic nitrogens is 6. The van der Waals surface area contributed by atoms with Crippen molar-refractivity contribution in [3.8, 4) is 135 Å². The van der Waals surface area contributed by atoms with E-state index in [1.54, 1.807) is 0 Å². The Kier molecular flexibility index (Phi) is 14.8. The maximum atomic E-state index is 5.21. The molecule has 19 aromatic rings. The van der Waals surface area contributed by atoms with Crippen LogP contribution < -0.4 is 0 Å². The van der Waals surface area contributed by atoms with Crippen LogP contribution in [0.25, 0.3) is 200 Å². The number of nitrogens with zero attached hydrogens (tertiary/aromatic N) is 6. The van der Waals surface area contributed by atoms with Crippen LogP contribution in [0.5, 0.6) is 0 Å². The van der Waals surface area contributed by atoms with Crippen molar-refractivity contribution in [3.63, 3.8) is 0 Å². The van der Waals surface area contributed by atoms with Gasteiger partial charge in [0.2, 0.25) is 0 Å². The molecule has 2 aromatic heterocycles. The summed E-state index contributed by atoms with van der Waals surface area (Å²) >= 11 is 0. The maximum Gasteiger partial charge on any atom is 0.164 e. The maximum absolute atomic E-state index is 5.21. The fourth-order valence-corrected chi connectivity index (χ4v) is 15.0. The van der Waals surface area contributed by atoms with E-state index in [0.29, 0.717) is 34.9 Å². The molecule has 0 spiro atoms. The second-order valence-corrected chi connectivity index (χ2v) is 26.0. The second-order valence-electron chi connectivity index (χ2n) is 26.0. The van der Waals surface area contributed by atoms with Gasteiger partial charge in [0.05, 0.1) is 0 Å². The van der Waals surface area contributed by atoms with Crippen molar-refractivity contribution in [1.29, 1.82) is 0 Å². The van der Waals surface area contributed by atoms with E-state index in [2.05, 4.69) is 303 Å². The molecule has 0 aliphatic heterocycles. The lowest BCUT2D eigenvalue weighted by atomic mass is 9.84. The zero-order chi connectivity index (χ0) is 67.5. The molecule has 17 aromatic carbocycles. The van der Waals surface area contributed by atoms with Gasteiger partial charge in [0.15, 0.2) is 34.9 Å². The van der Waals surface area contributed by atoms with Gasteiger partial charge in [-0.3, -0.25) is 0 Å². The first-order valence-corrected chi connectivity index (χ1v) is 34.6. The summed E-state index contributed by atoms with van der Waals surface area (Å²) in [4.78, 5) is 30.9. The zero-order valence-electron chi connectivity index (χ0n) is 55.3. The summed E-state index contributed by atoms with van der Waals surface area (Å²) in [5.74, 6) is 3.58. The van der Waals surface area contributed by atoms with Crippen LogP contribution in [0.4, 0.5) is 0 Å². The molecular weight excluding hydrogens is 1240 g/mol. The van der Waals surface area contributed by atoms with Crippen LogP contribution in [0.3, 0.4) is 0 Å². The van der Waals surface area contributed by atoms with Crippen LogP contribution in [0, 0.1) is 0 Å². The molecule has 6 heteroatoms. The van der Waals surface area contributed by atoms with Crippen LogP contribution in [0.15, 0.2) is 364 Å². The van der Waals surface area contributed by atoms with E-state index in [-0.39, 0.29) is 0 Å². The van der Waals surface area contributed by atoms with Gasteiger partial charge >= 0.3 is 0 Å². The summed E-state index contributed by atoms with van der Waals surface area (Å²) in [6.07, 6.45) is 0. The molecule has 0 atom stereocenters. The number of hydrogen-bond donors (Lipinski definition) is 0. The average molecular weight is 1300 g/mol. The van der Waals surface area contributed by atoms with Gasteiger partial charge in [-0.15, -0.1) is 0 Å². The number of fused-ring (bicyclic) bond motifs is 6. The Morgan fingerprint density at radius 2 is 0.363 bits per heavy atom. The molecule has 0 saturated carbocycles. The summed E-state index contributed by atoms with van der Waals surface area (Å²) in [5.41, 5.74) is 19.4. The molecule has 102 heavy (non-hydrogen) atoms. The van der Waals surface area contributed by atoms with Gasteiger partial charge in [0, 0.05) is 33.4 Å². The Bertz CT molecular complexity index is 6320. The first-order chi connectivity index (χ1) is 50.5. The third-order valence-electron chi connectivity index (χ3n) is 20.0. The number of benzene rings is 17. The fraction of sp³-hybridized carbons (Fsp3) is 0. The van der Waals surface area contributed by atoms with Crippen molar-refractivity contribution in [3.05, 3.63) is 364 Å². The predicted molar refractivity (Wildman–Crippen MR) is 423 cm³/mol. The molecule has 0 N–H and O–H groups in total. The monoisotopic (exact) mass is 1300 g/mol. The summed E-state index contributed by atoms with van der Waals surface area (Å²) in [6, 6.07) is 130. The highest BCUT2D eigenvalue weighted by molar-refractivity contribution is 6.24. The Hall–Kier alpha value is -13.7. The fourth-order valence-electron chi connectivity index (χ4n) is 15.0. The molecule has 0 radical (unpaired) electrons. The molecule has 474 valence electrons. The minimum atomic E-state index is 0.589. The summed E-state index contributed by atoms with van der Waals surface area (Å²) in [5, 5.41) is 14.6. The van der Waals surface area contributed by atoms with Gasteiger partial charge in [-0.05, 0) is 137 Å². The highest BCUT2D eigenvalue weighted by atomic mass is 15.0. The van der Waals surface area contributed by atoms with E-state index in [1.807, 2.05) is 60.7 Å². The van der Waals surface area contributed by atoms with Crippen LogP contribution >= 0.6 is 0 Å². The molecule has 6 nitrogen and oxygen atoms in total. The Balaban J connectivity index is 0.620. The van der Waals surface area contributed by atoms with E-state index in [4.69, 9.17) is 29.9 Å². The van der Waals surface area contributed by atoms with Crippen LogP contribution in [-0.4, -0.2) is 29.9 Å². The molecule has 0 bridgehead atoms. The molecule has 2 heterocycles. The lowest BCUT2D eigenvalue weighted by Gasteiger charge is -2.19. The van der Waals surface area contributed by atoms with Gasteiger partial charge < -0.3 is 0 Å². The van der Waals surface area contributed by atoms with E-state index < -0.39 is 0 Å². The summed E-state index contributed by atoms with van der Waals surface area (Å²) < 4.78 is 0. The highest BCUT2D eigenvalue weighted by Gasteiger charge is 2.22. The van der Waals surface area contributed by atoms with E-state index in [1.165, 1.54) is 109 Å². The zero-order valence-corrected chi connectivity index (χ0v) is 55.3. The second kappa shape index (κ2) is 25.3. The van der Waals surface area contributed by atoms with Crippen molar-refractivity contribution >= 4 is 64.6 Å². The summed E-state index contributed by atoms with van der Waals surface area (Å²) in [6.45, 7) is 0. The van der Waals surface area contributed by atoms with Gasteiger partial charge in [-0.25, -0.2) is 29.9 Å². The minimum Gasteiger partial charge on any atom is -0.208 e. The molecule has 0 aliphatic rings. The highest BCUT2D eigenvalue weighted by Crippen LogP contribution is 2.48.